The molecule has 0 bridgehead atoms. The van der Waals surface area contributed by atoms with Gasteiger partial charge in [-0.3, -0.25) is 9.58 Å². The van der Waals surface area contributed by atoms with E-state index in [0.717, 1.165) is 39.4 Å². The summed E-state index contributed by atoms with van der Waals surface area (Å²) < 4.78 is 13.6. The molecule has 0 spiro atoms. The van der Waals surface area contributed by atoms with Crippen LogP contribution in [0.1, 0.15) is 34.0 Å². The number of benzene rings is 1. The Bertz CT molecular complexity index is 1120. The number of aryl methyl sites for hydroxylation is 4. The average Bonchev–Trinajstić information content (AvgIpc) is 3.37. The lowest BCUT2D eigenvalue weighted by Crippen LogP contribution is -2.34. The molecule has 1 aromatic carbocycles. The molecule has 3 aromatic heterocycles. The lowest BCUT2D eigenvalue weighted by molar-refractivity contribution is 0.0806. The van der Waals surface area contributed by atoms with Gasteiger partial charge in [0.05, 0.1) is 37.7 Å². The Morgan fingerprint density at radius 2 is 1.93 bits per heavy atom. The molecule has 1 atom stereocenters. The highest BCUT2D eigenvalue weighted by Gasteiger charge is 2.19. The van der Waals surface area contributed by atoms with Gasteiger partial charge in [-0.05, 0) is 63.6 Å². The second-order valence-corrected chi connectivity index (χ2v) is 8.16. The fraction of sp³-hybridized carbons (Fsp3) is 0.375. The van der Waals surface area contributed by atoms with Crippen molar-refractivity contribution in [3.05, 3.63) is 76.7 Å². The molecule has 158 valence electrons. The van der Waals surface area contributed by atoms with Crippen LogP contribution in [0.4, 0.5) is 0 Å². The molecule has 0 fully saturated rings. The van der Waals surface area contributed by atoms with Crippen molar-refractivity contribution < 1.29 is 13.9 Å². The lowest BCUT2D eigenvalue weighted by atomic mass is 10.1. The van der Waals surface area contributed by atoms with E-state index in [1.54, 1.807) is 6.26 Å². The summed E-state index contributed by atoms with van der Waals surface area (Å²) in [4.78, 5) is 2.16. The molecule has 3 heterocycles. The van der Waals surface area contributed by atoms with E-state index in [-0.39, 0.29) is 0 Å². The zero-order valence-corrected chi connectivity index (χ0v) is 18.1. The van der Waals surface area contributed by atoms with Crippen molar-refractivity contribution in [1.29, 1.82) is 0 Å². The maximum atomic E-state index is 10.8. The first-order valence-electron chi connectivity index (χ1n) is 10.3. The number of aliphatic hydroxyl groups is 1. The molecular formula is C24H29N3O3. The zero-order valence-electron chi connectivity index (χ0n) is 18.1. The second kappa shape index (κ2) is 8.50. The minimum atomic E-state index is -0.565. The number of aliphatic hydroxyl groups excluding tert-OH is 1. The Morgan fingerprint density at radius 3 is 2.63 bits per heavy atom. The molecule has 4 rings (SSSR count). The Balaban J connectivity index is 1.54. The van der Waals surface area contributed by atoms with E-state index in [4.69, 9.17) is 8.83 Å². The molecule has 6 heteroatoms. The van der Waals surface area contributed by atoms with Crippen molar-refractivity contribution in [2.45, 2.75) is 53.4 Å². The van der Waals surface area contributed by atoms with Gasteiger partial charge in [-0.15, -0.1) is 0 Å². The summed E-state index contributed by atoms with van der Waals surface area (Å²) in [7, 11) is 0. The van der Waals surface area contributed by atoms with Gasteiger partial charge in [0, 0.05) is 17.6 Å². The van der Waals surface area contributed by atoms with Crippen LogP contribution in [0, 0.1) is 27.7 Å². The molecule has 0 radical (unpaired) electrons. The quantitative estimate of drug-likeness (QED) is 0.465. The maximum Gasteiger partial charge on any atom is 0.134 e. The summed E-state index contributed by atoms with van der Waals surface area (Å²) in [6, 6.07) is 12.1. The minimum absolute atomic E-state index is 0.451. The Labute approximate surface area is 176 Å². The first-order chi connectivity index (χ1) is 14.4. The number of nitrogens with zero attached hydrogens (tertiary/aromatic N) is 3. The van der Waals surface area contributed by atoms with E-state index in [1.807, 2.05) is 42.8 Å². The van der Waals surface area contributed by atoms with E-state index >= 15 is 0 Å². The van der Waals surface area contributed by atoms with Crippen LogP contribution in [-0.2, 0) is 19.6 Å². The van der Waals surface area contributed by atoms with Gasteiger partial charge in [0.1, 0.15) is 17.1 Å². The highest BCUT2D eigenvalue weighted by Crippen LogP contribution is 2.27. The van der Waals surface area contributed by atoms with Crippen LogP contribution in [0.2, 0.25) is 0 Å². The van der Waals surface area contributed by atoms with Gasteiger partial charge in [0.2, 0.25) is 0 Å². The molecule has 0 aliphatic heterocycles. The summed E-state index contributed by atoms with van der Waals surface area (Å²) in [5.74, 6) is 1.78. The molecule has 0 saturated carbocycles. The van der Waals surface area contributed by atoms with Crippen LogP contribution < -0.4 is 0 Å². The molecule has 0 aliphatic carbocycles. The predicted molar refractivity (Wildman–Crippen MR) is 116 cm³/mol. The van der Waals surface area contributed by atoms with E-state index in [1.165, 1.54) is 5.56 Å². The first kappa shape index (κ1) is 20.4. The minimum Gasteiger partial charge on any atom is -0.468 e. The van der Waals surface area contributed by atoms with E-state index < -0.39 is 6.10 Å². The molecule has 0 unspecified atom stereocenters. The molecule has 6 nitrogen and oxygen atoms in total. The molecule has 4 aromatic rings. The third kappa shape index (κ3) is 4.50. The highest BCUT2D eigenvalue weighted by molar-refractivity contribution is 5.82. The van der Waals surface area contributed by atoms with Crippen LogP contribution >= 0.6 is 0 Å². The van der Waals surface area contributed by atoms with Gasteiger partial charge in [-0.2, -0.15) is 5.10 Å². The Hall–Kier alpha value is -2.83. The third-order valence-corrected chi connectivity index (χ3v) is 5.47. The average molecular weight is 408 g/mol. The standard InChI is InChI=1S/C24H29N3O3/c1-16-7-8-23-22(10-16)19(4)24(30-23)15-26(14-21-6-5-9-29-21)12-20(28)13-27-18(3)11-17(2)25-27/h5-11,20,28H,12-15H2,1-4H3/t20-/m1/s1. The van der Waals surface area contributed by atoms with Gasteiger partial charge >= 0.3 is 0 Å². The van der Waals surface area contributed by atoms with Crippen molar-refractivity contribution in [2.24, 2.45) is 0 Å². The number of hydrogen-bond donors (Lipinski definition) is 1. The number of furan rings is 2. The van der Waals surface area contributed by atoms with Crippen LogP contribution in [0.15, 0.2) is 51.5 Å². The van der Waals surface area contributed by atoms with Crippen LogP contribution in [0.3, 0.4) is 0 Å². The normalized spacial score (nSPS) is 12.9. The van der Waals surface area contributed by atoms with E-state index in [0.29, 0.717) is 26.2 Å². The summed E-state index contributed by atoms with van der Waals surface area (Å²) in [5, 5.41) is 16.4. The number of hydrogen-bond acceptors (Lipinski definition) is 5. The summed E-state index contributed by atoms with van der Waals surface area (Å²) in [5.41, 5.74) is 5.26. The van der Waals surface area contributed by atoms with Gasteiger partial charge in [-0.25, -0.2) is 0 Å². The van der Waals surface area contributed by atoms with Gasteiger partial charge < -0.3 is 13.9 Å². The number of aromatic nitrogens is 2. The second-order valence-electron chi connectivity index (χ2n) is 8.16. The SMILES string of the molecule is Cc1ccc2oc(CN(Cc3ccco3)C[C@@H](O)Cn3nc(C)cc3C)c(C)c2c1. The van der Waals surface area contributed by atoms with E-state index in [9.17, 15) is 5.11 Å². The molecule has 0 saturated heterocycles. The summed E-state index contributed by atoms with van der Waals surface area (Å²) >= 11 is 0. The summed E-state index contributed by atoms with van der Waals surface area (Å²) in [6.07, 6.45) is 1.11. The molecule has 0 aliphatic rings. The fourth-order valence-corrected chi connectivity index (χ4v) is 3.96. The van der Waals surface area contributed by atoms with Crippen molar-refractivity contribution in [3.63, 3.8) is 0 Å². The van der Waals surface area contributed by atoms with Crippen molar-refractivity contribution in [1.82, 2.24) is 14.7 Å². The predicted octanol–water partition coefficient (Wildman–Crippen LogP) is 4.52. The van der Waals surface area contributed by atoms with Crippen LogP contribution in [-0.4, -0.2) is 32.4 Å². The lowest BCUT2D eigenvalue weighted by Gasteiger charge is -2.24. The molecule has 1 N–H and O–H groups in total. The maximum absolute atomic E-state index is 10.8. The zero-order chi connectivity index (χ0) is 21.3. The van der Waals surface area contributed by atoms with Gasteiger partial charge in [0.25, 0.3) is 0 Å². The molecule has 30 heavy (non-hydrogen) atoms. The van der Waals surface area contributed by atoms with Crippen molar-refractivity contribution >= 4 is 11.0 Å². The van der Waals surface area contributed by atoms with Crippen molar-refractivity contribution in [3.8, 4) is 0 Å². The van der Waals surface area contributed by atoms with Crippen LogP contribution in [0.25, 0.3) is 11.0 Å². The Kier molecular flexibility index (Phi) is 5.79. The number of fused-ring (bicyclic) bond motifs is 1. The first-order valence-corrected chi connectivity index (χ1v) is 10.3. The highest BCUT2D eigenvalue weighted by atomic mass is 16.3. The smallest absolute Gasteiger partial charge is 0.134 e. The molecule has 0 amide bonds. The third-order valence-electron chi connectivity index (χ3n) is 5.47. The molecular weight excluding hydrogens is 378 g/mol. The topological polar surface area (TPSA) is 67.6 Å². The van der Waals surface area contributed by atoms with Crippen LogP contribution in [0.5, 0.6) is 0 Å². The number of rotatable bonds is 8. The Morgan fingerprint density at radius 1 is 1.10 bits per heavy atom. The summed E-state index contributed by atoms with van der Waals surface area (Å²) in [6.45, 7) is 10.3. The van der Waals surface area contributed by atoms with E-state index in [2.05, 4.69) is 36.0 Å². The largest absolute Gasteiger partial charge is 0.468 e. The van der Waals surface area contributed by atoms with Crippen molar-refractivity contribution in [2.75, 3.05) is 6.54 Å². The monoisotopic (exact) mass is 407 g/mol. The van der Waals surface area contributed by atoms with Gasteiger partial charge in [-0.1, -0.05) is 11.6 Å². The van der Waals surface area contributed by atoms with Gasteiger partial charge in [0.15, 0.2) is 0 Å². The fourth-order valence-electron chi connectivity index (χ4n) is 3.96.